The van der Waals surface area contributed by atoms with Gasteiger partial charge in [-0.15, -0.1) is 0 Å². The minimum absolute atomic E-state index is 0.0240. The smallest absolute Gasteiger partial charge is 0.322 e. The van der Waals surface area contributed by atoms with E-state index in [2.05, 4.69) is 10.6 Å². The summed E-state index contributed by atoms with van der Waals surface area (Å²) in [7, 11) is 1.47. The number of benzene rings is 2. The number of fused-ring (bicyclic) bond motifs is 3. The van der Waals surface area contributed by atoms with Crippen LogP contribution in [0.1, 0.15) is 45.7 Å². The van der Waals surface area contributed by atoms with E-state index in [1.165, 1.54) is 32.2 Å². The van der Waals surface area contributed by atoms with Crippen molar-refractivity contribution < 1.29 is 38.6 Å². The van der Waals surface area contributed by atoms with Crippen LogP contribution in [-0.2, 0) is 14.4 Å². The van der Waals surface area contributed by atoms with Gasteiger partial charge in [0.1, 0.15) is 6.54 Å². The minimum atomic E-state index is -1.23. The fraction of sp³-hybridized carbons (Fsp3) is 0.227. The number of carboxylic acids is 1. The first-order valence-corrected chi connectivity index (χ1v) is 9.88. The zero-order valence-electron chi connectivity index (χ0n) is 17.6. The largest absolute Gasteiger partial charge is 0.490 e. The molecule has 2 aromatic carbocycles. The van der Waals surface area contributed by atoms with Crippen LogP contribution < -0.4 is 20.1 Å². The highest BCUT2D eigenvalue weighted by molar-refractivity contribution is 6.24. The number of ether oxygens (including phenoxy) is 2. The van der Waals surface area contributed by atoms with E-state index in [1.807, 2.05) is 0 Å². The highest BCUT2D eigenvalue weighted by Gasteiger charge is 2.44. The number of carbonyl (C=O) groups excluding carboxylic acids is 4. The molecule has 3 aliphatic rings. The zero-order valence-corrected chi connectivity index (χ0v) is 17.6. The third-order valence-electron chi connectivity index (χ3n) is 5.24. The molecule has 11 nitrogen and oxygen atoms in total. The number of anilines is 1. The minimum Gasteiger partial charge on any atom is -0.490 e. The summed E-state index contributed by atoms with van der Waals surface area (Å²) in [4.78, 5) is 62.4. The number of amides is 4. The highest BCUT2D eigenvalue weighted by atomic mass is 16.6. The van der Waals surface area contributed by atoms with Crippen LogP contribution in [0.15, 0.2) is 30.3 Å². The monoisotopic (exact) mass is 453 g/mol. The molecule has 4 amide bonds. The van der Waals surface area contributed by atoms with Crippen LogP contribution in [0.5, 0.6) is 17.2 Å². The molecule has 5 rings (SSSR count). The third kappa shape index (κ3) is 3.84. The number of imide groups is 1. The summed E-state index contributed by atoms with van der Waals surface area (Å²) in [6.45, 7) is 0.670. The summed E-state index contributed by atoms with van der Waals surface area (Å²) >= 11 is 0. The summed E-state index contributed by atoms with van der Waals surface area (Å²) < 4.78 is 10.6. The number of carbonyl (C=O) groups is 5. The Hall–Kier alpha value is -4.41. The van der Waals surface area contributed by atoms with Crippen LogP contribution in [0.3, 0.4) is 0 Å². The predicted octanol–water partition coefficient (Wildman–Crippen LogP) is 1.69. The van der Waals surface area contributed by atoms with Gasteiger partial charge >= 0.3 is 5.97 Å². The molecule has 0 saturated carbocycles. The Kier molecular flexibility index (Phi) is 5.46. The maximum absolute atomic E-state index is 13.4. The van der Waals surface area contributed by atoms with E-state index < -0.39 is 42.2 Å². The van der Waals surface area contributed by atoms with Crippen molar-refractivity contribution >= 4 is 35.3 Å². The average molecular weight is 453 g/mol. The second-order valence-corrected chi connectivity index (χ2v) is 7.43. The average Bonchev–Trinajstić information content (AvgIpc) is 3.01. The molecular formula is C22H19N3O8. The Balaban J connectivity index is 1.72. The van der Waals surface area contributed by atoms with Gasteiger partial charge in [-0.05, 0) is 29.8 Å². The first kappa shape index (κ1) is 21.8. The maximum Gasteiger partial charge on any atom is 0.322 e. The van der Waals surface area contributed by atoms with Crippen LogP contribution in [0.2, 0.25) is 0 Å². The lowest BCUT2D eigenvalue weighted by atomic mass is 9.98. The molecular weight excluding hydrogens is 434 g/mol. The number of carboxylic acid groups (broad SMARTS) is 1. The molecule has 2 bridgehead atoms. The first-order valence-electron chi connectivity index (χ1n) is 9.88. The van der Waals surface area contributed by atoms with Crippen LogP contribution in [-0.4, -0.2) is 53.3 Å². The topological polar surface area (TPSA) is 151 Å². The van der Waals surface area contributed by atoms with Gasteiger partial charge in [0.25, 0.3) is 11.8 Å². The van der Waals surface area contributed by atoms with Gasteiger partial charge in [0.05, 0.1) is 36.4 Å². The van der Waals surface area contributed by atoms with E-state index in [9.17, 15) is 24.0 Å². The number of nitrogens with one attached hydrogen (secondary N) is 2. The molecule has 1 unspecified atom stereocenters. The third-order valence-corrected chi connectivity index (χ3v) is 5.24. The summed E-state index contributed by atoms with van der Waals surface area (Å²) in [5.41, 5.74) is 0.731. The Morgan fingerprint density at radius 3 is 2.45 bits per heavy atom. The second kappa shape index (κ2) is 8.26. The Morgan fingerprint density at radius 1 is 1.15 bits per heavy atom. The maximum atomic E-state index is 13.4. The second-order valence-electron chi connectivity index (χ2n) is 7.43. The Labute approximate surface area is 187 Å². The number of hydrogen-bond donors (Lipinski definition) is 3. The Bertz CT molecular complexity index is 1200. The molecule has 3 heterocycles. The molecule has 33 heavy (non-hydrogen) atoms. The molecule has 0 spiro atoms. The number of methoxy groups -OCH3 is 1. The van der Waals surface area contributed by atoms with Crippen molar-refractivity contribution in [3.63, 3.8) is 0 Å². The summed E-state index contributed by atoms with van der Waals surface area (Å²) in [5.74, 6) is -2.36. The highest BCUT2D eigenvalue weighted by Crippen LogP contribution is 2.52. The van der Waals surface area contributed by atoms with Crippen LogP contribution in [0.4, 0.5) is 5.69 Å². The van der Waals surface area contributed by atoms with Crippen LogP contribution in [0.25, 0.3) is 0 Å². The van der Waals surface area contributed by atoms with Crippen LogP contribution in [0, 0.1) is 0 Å². The lowest BCUT2D eigenvalue weighted by Gasteiger charge is -2.30. The number of hydrogen-bond acceptors (Lipinski definition) is 7. The predicted molar refractivity (Wildman–Crippen MR) is 112 cm³/mol. The molecule has 0 aromatic heterocycles. The molecule has 1 atom stereocenters. The van der Waals surface area contributed by atoms with Crippen molar-refractivity contribution in [1.29, 1.82) is 0 Å². The molecule has 11 heteroatoms. The van der Waals surface area contributed by atoms with E-state index in [0.717, 1.165) is 4.90 Å². The van der Waals surface area contributed by atoms with Crippen molar-refractivity contribution in [3.8, 4) is 17.2 Å². The molecule has 170 valence electrons. The van der Waals surface area contributed by atoms with E-state index in [4.69, 9.17) is 14.6 Å². The van der Waals surface area contributed by atoms with Crippen molar-refractivity contribution in [2.24, 2.45) is 0 Å². The standard InChI is InChI=1S/C22H19N3O8/c1-10(26)24-13-5-3-4-12-19(13)22(31)25(21(12)30)14(8-17(27)23-9-18(28)29)11-6-15-20(32-2)16(7-11)33-15/h3-7,14H,8-9H2,1-2H3,(H,23,27)(H,24,26)(H,28,29). The number of rotatable bonds is 8. The van der Waals surface area contributed by atoms with Crippen molar-refractivity contribution in [3.05, 3.63) is 47.0 Å². The fourth-order valence-corrected chi connectivity index (χ4v) is 3.87. The lowest BCUT2D eigenvalue weighted by Crippen LogP contribution is -2.38. The normalized spacial score (nSPS) is 14.1. The van der Waals surface area contributed by atoms with E-state index in [0.29, 0.717) is 22.8 Å². The van der Waals surface area contributed by atoms with Gasteiger partial charge in [0.2, 0.25) is 17.6 Å². The van der Waals surface area contributed by atoms with Gasteiger partial charge < -0.3 is 25.2 Å². The van der Waals surface area contributed by atoms with E-state index >= 15 is 0 Å². The number of aliphatic carboxylic acids is 1. The molecule has 2 aromatic rings. The van der Waals surface area contributed by atoms with Crippen molar-refractivity contribution in [2.75, 3.05) is 19.0 Å². The summed E-state index contributed by atoms with van der Waals surface area (Å²) in [5, 5.41) is 13.6. The molecule has 0 saturated heterocycles. The lowest BCUT2D eigenvalue weighted by molar-refractivity contribution is -0.138. The van der Waals surface area contributed by atoms with Gasteiger partial charge in [-0.3, -0.25) is 28.9 Å². The quantitative estimate of drug-likeness (QED) is 0.436. The summed E-state index contributed by atoms with van der Waals surface area (Å²) in [6.07, 6.45) is -0.376. The van der Waals surface area contributed by atoms with Gasteiger partial charge in [0.15, 0.2) is 11.5 Å². The van der Waals surface area contributed by atoms with E-state index in [1.54, 1.807) is 12.1 Å². The van der Waals surface area contributed by atoms with Crippen molar-refractivity contribution in [1.82, 2.24) is 10.2 Å². The first-order chi connectivity index (χ1) is 15.7. The Morgan fingerprint density at radius 2 is 1.85 bits per heavy atom. The van der Waals surface area contributed by atoms with E-state index in [-0.39, 0.29) is 23.2 Å². The summed E-state index contributed by atoms with van der Waals surface area (Å²) in [6, 6.07) is 6.56. The van der Waals surface area contributed by atoms with Gasteiger partial charge in [-0.1, -0.05) is 6.07 Å². The van der Waals surface area contributed by atoms with Gasteiger partial charge in [0, 0.05) is 6.92 Å². The molecule has 0 aliphatic carbocycles. The van der Waals surface area contributed by atoms with Crippen LogP contribution >= 0.6 is 0 Å². The fourth-order valence-electron chi connectivity index (χ4n) is 3.87. The molecule has 3 N–H and O–H groups in total. The van der Waals surface area contributed by atoms with Crippen molar-refractivity contribution in [2.45, 2.75) is 19.4 Å². The van der Waals surface area contributed by atoms with Gasteiger partial charge in [-0.2, -0.15) is 0 Å². The molecule has 0 radical (unpaired) electrons. The number of nitrogens with zero attached hydrogens (tertiary/aromatic N) is 1. The van der Waals surface area contributed by atoms with Gasteiger partial charge in [-0.25, -0.2) is 0 Å². The zero-order chi connectivity index (χ0) is 23.9. The molecule has 3 aliphatic heterocycles. The SMILES string of the molecule is COc1c2cc(C(CC(=O)NCC(=O)O)N3C(=O)c4cccc(NC(C)=O)c4C3=O)cc1O2. The molecule has 0 fully saturated rings.